The van der Waals surface area contributed by atoms with Crippen molar-refractivity contribution < 1.29 is 9.90 Å². The van der Waals surface area contributed by atoms with Gasteiger partial charge in [-0.2, -0.15) is 0 Å². The monoisotopic (exact) mass is 141 g/mol. The van der Waals surface area contributed by atoms with E-state index in [4.69, 9.17) is 10.8 Å². The zero-order chi connectivity index (χ0) is 8.15. The third-order valence-corrected chi connectivity index (χ3v) is 1.14. The Labute approximate surface area is 59.8 Å². The van der Waals surface area contributed by atoms with Crippen LogP contribution in [0.1, 0.15) is 13.3 Å². The van der Waals surface area contributed by atoms with Crippen molar-refractivity contribution in [2.45, 2.75) is 13.3 Å². The third kappa shape index (κ3) is 2.35. The van der Waals surface area contributed by atoms with Gasteiger partial charge in [-0.1, -0.05) is 6.08 Å². The van der Waals surface area contributed by atoms with E-state index in [1.807, 2.05) is 0 Å². The van der Waals surface area contributed by atoms with Gasteiger partial charge < -0.3 is 10.8 Å². The molecule has 56 valence electrons. The summed E-state index contributed by atoms with van der Waals surface area (Å²) in [6.07, 6.45) is 1.79. The Balaban J connectivity index is 4.33. The Morgan fingerprint density at radius 2 is 2.30 bits per heavy atom. The molecule has 0 saturated carbocycles. The van der Waals surface area contributed by atoms with Crippen LogP contribution in [0.4, 0.5) is 0 Å². The van der Waals surface area contributed by atoms with Crippen molar-refractivity contribution in [1.82, 2.24) is 0 Å². The minimum Gasteiger partial charge on any atom is -0.512 e. The first-order valence-electron chi connectivity index (χ1n) is 2.89. The Morgan fingerprint density at radius 3 is 2.60 bits per heavy atom. The maximum absolute atomic E-state index is 10.4. The Bertz CT molecular complexity index is 182. The normalized spacial score (nSPS) is 12.1. The highest BCUT2D eigenvalue weighted by molar-refractivity contribution is 5.91. The molecule has 3 N–H and O–H groups in total. The first-order valence-corrected chi connectivity index (χ1v) is 2.89. The van der Waals surface area contributed by atoms with Crippen molar-refractivity contribution in [1.29, 1.82) is 0 Å². The molecule has 3 heteroatoms. The molecule has 0 aliphatic rings. The summed E-state index contributed by atoms with van der Waals surface area (Å²) in [4.78, 5) is 10.4. The van der Waals surface area contributed by atoms with E-state index in [0.29, 0.717) is 0 Å². The zero-order valence-electron chi connectivity index (χ0n) is 5.92. The van der Waals surface area contributed by atoms with E-state index in [-0.39, 0.29) is 17.8 Å². The van der Waals surface area contributed by atoms with E-state index in [0.717, 1.165) is 0 Å². The van der Waals surface area contributed by atoms with Gasteiger partial charge >= 0.3 is 0 Å². The fourth-order valence-corrected chi connectivity index (χ4v) is 0.432. The summed E-state index contributed by atoms with van der Waals surface area (Å²) in [7, 11) is 0. The number of aliphatic hydroxyl groups is 1. The number of nitrogens with two attached hydrogens (primary N) is 1. The Morgan fingerprint density at radius 1 is 1.80 bits per heavy atom. The lowest BCUT2D eigenvalue weighted by atomic mass is 10.2. The molecule has 0 aliphatic carbocycles. The Kier molecular flexibility index (Phi) is 3.25. The van der Waals surface area contributed by atoms with Gasteiger partial charge in [0.15, 0.2) is 0 Å². The van der Waals surface area contributed by atoms with Crippen LogP contribution in [-0.2, 0) is 4.79 Å². The minimum absolute atomic E-state index is 0.0116. The molecule has 0 aliphatic heterocycles. The predicted molar refractivity (Wildman–Crippen MR) is 39.3 cm³/mol. The molecular formula is C7H11NO2. The third-order valence-electron chi connectivity index (χ3n) is 1.14. The van der Waals surface area contributed by atoms with Gasteiger partial charge in [-0.15, -0.1) is 6.58 Å². The molecule has 0 bridgehead atoms. The number of carbonyl (C=O) groups is 1. The average Bonchev–Trinajstić information content (AvgIpc) is 1.87. The molecule has 0 atom stereocenters. The number of hydrogen-bond donors (Lipinski definition) is 2. The number of primary amides is 1. The van der Waals surface area contributed by atoms with Crippen LogP contribution in [0.15, 0.2) is 24.0 Å². The maximum atomic E-state index is 10.4. The van der Waals surface area contributed by atoms with Crippen LogP contribution in [0.5, 0.6) is 0 Å². The van der Waals surface area contributed by atoms with Gasteiger partial charge in [0.25, 0.3) is 0 Å². The minimum atomic E-state index is -0.598. The van der Waals surface area contributed by atoms with E-state index in [1.165, 1.54) is 13.0 Å². The number of rotatable bonds is 3. The van der Waals surface area contributed by atoms with E-state index in [1.54, 1.807) is 0 Å². The van der Waals surface area contributed by atoms with Gasteiger partial charge in [0, 0.05) is 6.42 Å². The van der Waals surface area contributed by atoms with Crippen LogP contribution in [0.2, 0.25) is 0 Å². The van der Waals surface area contributed by atoms with Crippen molar-refractivity contribution >= 4 is 5.91 Å². The molecular weight excluding hydrogens is 130 g/mol. The van der Waals surface area contributed by atoms with Gasteiger partial charge in [-0.05, 0) is 6.92 Å². The zero-order valence-corrected chi connectivity index (χ0v) is 5.92. The van der Waals surface area contributed by atoms with Crippen molar-refractivity contribution in [3.05, 3.63) is 24.0 Å². The van der Waals surface area contributed by atoms with Crippen molar-refractivity contribution in [2.75, 3.05) is 0 Å². The summed E-state index contributed by atoms with van der Waals surface area (Å²) in [5, 5.41) is 9.00. The van der Waals surface area contributed by atoms with Gasteiger partial charge in [0.1, 0.15) is 5.76 Å². The van der Waals surface area contributed by atoms with Crippen molar-refractivity contribution in [3.8, 4) is 0 Å². The van der Waals surface area contributed by atoms with Crippen molar-refractivity contribution in [2.24, 2.45) is 5.73 Å². The van der Waals surface area contributed by atoms with Crippen molar-refractivity contribution in [3.63, 3.8) is 0 Å². The highest BCUT2D eigenvalue weighted by Crippen LogP contribution is 2.03. The molecule has 0 aromatic carbocycles. The molecule has 0 spiro atoms. The summed E-state index contributed by atoms with van der Waals surface area (Å²) in [5.74, 6) is -0.609. The van der Waals surface area contributed by atoms with E-state index in [2.05, 4.69) is 6.58 Å². The van der Waals surface area contributed by atoms with Gasteiger partial charge in [-0.3, -0.25) is 4.79 Å². The molecule has 0 heterocycles. The molecule has 3 nitrogen and oxygen atoms in total. The summed E-state index contributed by atoms with van der Waals surface area (Å²) in [6, 6.07) is 0. The highest BCUT2D eigenvalue weighted by Gasteiger charge is 2.02. The molecule has 10 heavy (non-hydrogen) atoms. The van der Waals surface area contributed by atoms with Crippen LogP contribution >= 0.6 is 0 Å². The van der Waals surface area contributed by atoms with Gasteiger partial charge in [0.2, 0.25) is 5.91 Å². The molecule has 0 saturated heterocycles. The van der Waals surface area contributed by atoms with E-state index in [9.17, 15) is 4.79 Å². The fraction of sp³-hybridized carbons (Fsp3) is 0.286. The molecule has 0 radical (unpaired) electrons. The number of amides is 1. The average molecular weight is 141 g/mol. The highest BCUT2D eigenvalue weighted by atomic mass is 16.3. The molecule has 0 unspecified atom stereocenters. The van der Waals surface area contributed by atoms with E-state index >= 15 is 0 Å². The second-order valence-corrected chi connectivity index (χ2v) is 1.93. The number of hydrogen-bond acceptors (Lipinski definition) is 2. The lowest BCUT2D eigenvalue weighted by Crippen LogP contribution is -2.13. The molecule has 1 amide bonds. The van der Waals surface area contributed by atoms with Gasteiger partial charge in [-0.25, -0.2) is 0 Å². The molecule has 0 aromatic rings. The summed E-state index contributed by atoms with van der Waals surface area (Å²) >= 11 is 0. The second kappa shape index (κ2) is 3.71. The smallest absolute Gasteiger partial charge is 0.247 e. The second-order valence-electron chi connectivity index (χ2n) is 1.93. The quantitative estimate of drug-likeness (QED) is 0.348. The first-order chi connectivity index (χ1) is 4.59. The van der Waals surface area contributed by atoms with E-state index < -0.39 is 5.91 Å². The number of carbonyl (C=O) groups excluding carboxylic acids is 1. The van der Waals surface area contributed by atoms with Crippen LogP contribution in [0, 0.1) is 0 Å². The largest absolute Gasteiger partial charge is 0.512 e. The molecule has 0 rings (SSSR count). The Hall–Kier alpha value is -1.25. The lowest BCUT2D eigenvalue weighted by molar-refractivity contribution is -0.114. The van der Waals surface area contributed by atoms with Crippen LogP contribution < -0.4 is 5.73 Å². The standard InChI is InChI=1S/C7H11NO2/c1-3-4-6(9)5(2)7(8)10/h3,9H,1,4H2,2H3,(H2,8,10)/b6-5+. The topological polar surface area (TPSA) is 63.3 Å². The maximum Gasteiger partial charge on any atom is 0.247 e. The summed E-state index contributed by atoms with van der Waals surface area (Å²) in [5.41, 5.74) is 5.07. The summed E-state index contributed by atoms with van der Waals surface area (Å²) < 4.78 is 0. The number of aliphatic hydroxyl groups excluding tert-OH is 1. The van der Waals surface area contributed by atoms with Crippen LogP contribution in [0.3, 0.4) is 0 Å². The molecule has 0 fully saturated rings. The van der Waals surface area contributed by atoms with Crippen LogP contribution in [0.25, 0.3) is 0 Å². The van der Waals surface area contributed by atoms with Crippen LogP contribution in [-0.4, -0.2) is 11.0 Å². The predicted octanol–water partition coefficient (Wildman–Crippen LogP) is 0.880. The first kappa shape index (κ1) is 8.75. The molecule has 0 aromatic heterocycles. The number of allylic oxidation sites excluding steroid dienone is 1. The summed E-state index contributed by atoms with van der Waals surface area (Å²) in [6.45, 7) is 4.87. The fourth-order valence-electron chi connectivity index (χ4n) is 0.432. The lowest BCUT2D eigenvalue weighted by Gasteiger charge is -1.97. The SMILES string of the molecule is C=CC/C(O)=C(/C)C(N)=O. The van der Waals surface area contributed by atoms with Gasteiger partial charge in [0.05, 0.1) is 5.57 Å².